The highest BCUT2D eigenvalue weighted by Crippen LogP contribution is 2.12. The molecule has 0 aromatic carbocycles. The highest BCUT2D eigenvalue weighted by Gasteiger charge is 2.25. The molecule has 0 atom stereocenters. The molecule has 1 N–H and O–H groups in total. The van der Waals surface area contributed by atoms with Crippen molar-refractivity contribution in [3.63, 3.8) is 0 Å². The van der Waals surface area contributed by atoms with Crippen molar-refractivity contribution in [3.05, 3.63) is 0 Å². The number of amides is 1. The summed E-state index contributed by atoms with van der Waals surface area (Å²) in [5.41, 5.74) is 0. The van der Waals surface area contributed by atoms with Crippen LogP contribution in [0.15, 0.2) is 0 Å². The predicted molar refractivity (Wildman–Crippen MR) is 43.8 cm³/mol. The van der Waals surface area contributed by atoms with Crippen LogP contribution in [0.1, 0.15) is 0 Å². The molecule has 2 aliphatic rings. The van der Waals surface area contributed by atoms with Crippen LogP contribution in [0, 0.1) is 5.92 Å². The molecule has 0 aromatic heterocycles. The molecule has 0 aromatic rings. The molecule has 4 heteroatoms. The number of nitrogens with one attached hydrogen (secondary N) is 1. The fourth-order valence-corrected chi connectivity index (χ4v) is 1.54. The van der Waals surface area contributed by atoms with E-state index in [0.717, 1.165) is 32.8 Å². The number of nitrogens with zero attached hydrogens (tertiary/aromatic N) is 1. The Labute approximate surface area is 71.9 Å². The molecule has 0 aliphatic carbocycles. The van der Waals surface area contributed by atoms with Crippen LogP contribution >= 0.6 is 0 Å². The molecule has 0 bridgehead atoms. The molecule has 12 heavy (non-hydrogen) atoms. The van der Waals surface area contributed by atoms with Gasteiger partial charge in [0, 0.05) is 25.6 Å². The van der Waals surface area contributed by atoms with E-state index >= 15 is 0 Å². The van der Waals surface area contributed by atoms with Crippen molar-refractivity contribution in [2.45, 2.75) is 0 Å². The van der Waals surface area contributed by atoms with Gasteiger partial charge in [-0.15, -0.1) is 0 Å². The summed E-state index contributed by atoms with van der Waals surface area (Å²) < 4.78 is 5.06. The van der Waals surface area contributed by atoms with E-state index in [1.807, 2.05) is 4.90 Å². The monoisotopic (exact) mass is 170 g/mol. The van der Waals surface area contributed by atoms with Gasteiger partial charge >= 0.3 is 0 Å². The van der Waals surface area contributed by atoms with Crippen LogP contribution in [0.5, 0.6) is 0 Å². The number of ether oxygens (including phenoxy) is 1. The minimum absolute atomic E-state index is 0.230. The molecule has 0 saturated carbocycles. The van der Waals surface area contributed by atoms with Crippen LogP contribution in [0.4, 0.5) is 0 Å². The molecule has 1 amide bonds. The lowest BCUT2D eigenvalue weighted by Gasteiger charge is -2.34. The van der Waals surface area contributed by atoms with Crippen molar-refractivity contribution in [2.75, 3.05) is 39.4 Å². The van der Waals surface area contributed by atoms with Crippen molar-refractivity contribution in [1.82, 2.24) is 10.2 Å². The van der Waals surface area contributed by atoms with E-state index in [2.05, 4.69) is 5.32 Å². The molecule has 0 radical (unpaired) electrons. The quantitative estimate of drug-likeness (QED) is 0.582. The first-order valence-corrected chi connectivity index (χ1v) is 4.42. The van der Waals surface area contributed by atoms with Crippen LogP contribution in [0.25, 0.3) is 0 Å². The van der Waals surface area contributed by atoms with E-state index < -0.39 is 0 Å². The summed E-state index contributed by atoms with van der Waals surface area (Å²) in [6, 6.07) is 0. The standard InChI is InChI=1S/C8H14N2O2/c11-8-3-9-1-2-10(8)4-7-5-12-6-7/h7,9H,1-6H2. The van der Waals surface area contributed by atoms with Crippen LogP contribution in [0.3, 0.4) is 0 Å². The number of hydrogen-bond acceptors (Lipinski definition) is 3. The first kappa shape index (κ1) is 8.01. The average molecular weight is 170 g/mol. The van der Waals surface area contributed by atoms with Crippen molar-refractivity contribution in [1.29, 1.82) is 0 Å². The molecule has 2 heterocycles. The zero-order valence-corrected chi connectivity index (χ0v) is 7.08. The number of carbonyl (C=O) groups excluding carboxylic acids is 1. The molecular weight excluding hydrogens is 156 g/mol. The first-order chi connectivity index (χ1) is 5.86. The fourth-order valence-electron chi connectivity index (χ4n) is 1.54. The summed E-state index contributed by atoms with van der Waals surface area (Å²) in [5.74, 6) is 0.820. The normalized spacial score (nSPS) is 25.7. The van der Waals surface area contributed by atoms with Gasteiger partial charge < -0.3 is 15.0 Å². The van der Waals surface area contributed by atoms with Gasteiger partial charge in [-0.25, -0.2) is 0 Å². The zero-order chi connectivity index (χ0) is 8.39. The lowest BCUT2D eigenvalue weighted by atomic mass is 10.1. The third-order valence-electron chi connectivity index (χ3n) is 2.37. The summed E-state index contributed by atoms with van der Waals surface area (Å²) in [5, 5.41) is 3.05. The maximum absolute atomic E-state index is 11.3. The van der Waals surface area contributed by atoms with E-state index in [1.165, 1.54) is 0 Å². The summed E-state index contributed by atoms with van der Waals surface area (Å²) in [7, 11) is 0. The number of rotatable bonds is 2. The Hall–Kier alpha value is -0.610. The van der Waals surface area contributed by atoms with Crippen LogP contribution < -0.4 is 5.32 Å². The van der Waals surface area contributed by atoms with E-state index in [1.54, 1.807) is 0 Å². The molecule has 68 valence electrons. The third kappa shape index (κ3) is 1.59. The Kier molecular flexibility index (Phi) is 2.28. The van der Waals surface area contributed by atoms with Gasteiger partial charge in [0.2, 0.25) is 5.91 Å². The van der Waals surface area contributed by atoms with E-state index in [9.17, 15) is 4.79 Å². The van der Waals surface area contributed by atoms with Gasteiger partial charge in [-0.05, 0) is 0 Å². The lowest BCUT2D eigenvalue weighted by Crippen LogP contribution is -2.51. The Bertz CT molecular complexity index is 180. The summed E-state index contributed by atoms with van der Waals surface area (Å²) in [4.78, 5) is 13.2. The van der Waals surface area contributed by atoms with Crippen LogP contribution in [0.2, 0.25) is 0 Å². The lowest BCUT2D eigenvalue weighted by molar-refractivity contribution is -0.135. The van der Waals surface area contributed by atoms with Gasteiger partial charge in [-0.2, -0.15) is 0 Å². The Morgan fingerprint density at radius 3 is 3.00 bits per heavy atom. The van der Waals surface area contributed by atoms with Gasteiger partial charge in [-0.1, -0.05) is 0 Å². The number of piperazine rings is 1. The molecule has 2 rings (SSSR count). The van der Waals surface area contributed by atoms with E-state index in [-0.39, 0.29) is 5.91 Å². The van der Waals surface area contributed by atoms with Crippen LogP contribution in [-0.4, -0.2) is 50.2 Å². The average Bonchev–Trinajstić information content (AvgIpc) is 2.00. The van der Waals surface area contributed by atoms with Crippen molar-refractivity contribution in [2.24, 2.45) is 5.92 Å². The first-order valence-electron chi connectivity index (χ1n) is 4.42. The smallest absolute Gasteiger partial charge is 0.236 e. The molecule has 4 nitrogen and oxygen atoms in total. The Morgan fingerprint density at radius 1 is 1.58 bits per heavy atom. The van der Waals surface area contributed by atoms with Crippen molar-refractivity contribution < 1.29 is 9.53 Å². The largest absolute Gasteiger partial charge is 0.381 e. The van der Waals surface area contributed by atoms with Gasteiger partial charge in [0.25, 0.3) is 0 Å². The summed E-state index contributed by atoms with van der Waals surface area (Å²) in [6.45, 7) is 4.84. The number of carbonyl (C=O) groups is 1. The van der Waals surface area contributed by atoms with E-state index in [4.69, 9.17) is 4.74 Å². The Balaban J connectivity index is 1.80. The molecule has 2 saturated heterocycles. The fraction of sp³-hybridized carbons (Fsp3) is 0.875. The maximum atomic E-state index is 11.3. The summed E-state index contributed by atoms with van der Waals surface area (Å²) in [6.07, 6.45) is 0. The topological polar surface area (TPSA) is 41.6 Å². The van der Waals surface area contributed by atoms with Crippen LogP contribution in [-0.2, 0) is 9.53 Å². The second kappa shape index (κ2) is 3.41. The number of hydrogen-bond donors (Lipinski definition) is 1. The molecule has 2 fully saturated rings. The van der Waals surface area contributed by atoms with Crippen molar-refractivity contribution >= 4 is 5.91 Å². The predicted octanol–water partition coefficient (Wildman–Crippen LogP) is -0.935. The maximum Gasteiger partial charge on any atom is 0.236 e. The highest BCUT2D eigenvalue weighted by atomic mass is 16.5. The second-order valence-corrected chi connectivity index (χ2v) is 3.42. The molecule has 0 unspecified atom stereocenters. The zero-order valence-electron chi connectivity index (χ0n) is 7.08. The molecule has 2 aliphatic heterocycles. The van der Waals surface area contributed by atoms with E-state index in [0.29, 0.717) is 12.5 Å². The van der Waals surface area contributed by atoms with Crippen molar-refractivity contribution in [3.8, 4) is 0 Å². The van der Waals surface area contributed by atoms with Gasteiger partial charge in [0.15, 0.2) is 0 Å². The minimum atomic E-state index is 0.230. The Morgan fingerprint density at radius 2 is 2.42 bits per heavy atom. The third-order valence-corrected chi connectivity index (χ3v) is 2.37. The van der Waals surface area contributed by atoms with Gasteiger partial charge in [0.05, 0.1) is 19.8 Å². The molecule has 0 spiro atoms. The summed E-state index contributed by atoms with van der Waals surface area (Å²) >= 11 is 0. The second-order valence-electron chi connectivity index (χ2n) is 3.42. The van der Waals surface area contributed by atoms with Gasteiger partial charge in [0.1, 0.15) is 0 Å². The minimum Gasteiger partial charge on any atom is -0.381 e. The highest BCUT2D eigenvalue weighted by molar-refractivity contribution is 5.78. The molecular formula is C8H14N2O2. The van der Waals surface area contributed by atoms with Gasteiger partial charge in [-0.3, -0.25) is 4.79 Å². The SMILES string of the molecule is O=C1CNCCN1CC1COC1.